The number of hydrogen-bond donors (Lipinski definition) is 3. The number of ether oxygens (including phenoxy) is 1. The van der Waals surface area contributed by atoms with Crippen molar-refractivity contribution in [2.75, 3.05) is 6.61 Å². The molecule has 20 heavy (non-hydrogen) atoms. The van der Waals surface area contributed by atoms with Crippen LogP contribution in [0.15, 0.2) is 6.07 Å². The highest BCUT2D eigenvalue weighted by Crippen LogP contribution is 2.38. The molecule has 2 rings (SSSR count). The largest absolute Gasteiger partial charge is 0.391 e. The lowest BCUT2D eigenvalue weighted by atomic mass is 9.86. The number of aliphatic hydroxyl groups is 3. The van der Waals surface area contributed by atoms with Crippen LogP contribution in [0.3, 0.4) is 0 Å². The normalized spacial score (nSPS) is 31.6. The van der Waals surface area contributed by atoms with Crippen LogP contribution in [-0.4, -0.2) is 40.2 Å². The van der Waals surface area contributed by atoms with Crippen molar-refractivity contribution in [3.63, 3.8) is 0 Å². The first-order chi connectivity index (χ1) is 9.20. The zero-order valence-electron chi connectivity index (χ0n) is 10.3. The molecule has 4 nitrogen and oxygen atoms in total. The van der Waals surface area contributed by atoms with Crippen molar-refractivity contribution in [1.82, 2.24) is 0 Å². The van der Waals surface area contributed by atoms with Crippen LogP contribution in [0.2, 0.25) is 0 Å². The molecule has 1 aromatic carbocycles. The van der Waals surface area contributed by atoms with Crippen molar-refractivity contribution in [3.8, 4) is 0 Å². The zero-order valence-corrected chi connectivity index (χ0v) is 10.3. The highest BCUT2D eigenvalue weighted by Gasteiger charge is 2.52. The maximum absolute atomic E-state index is 13.7. The van der Waals surface area contributed by atoms with Gasteiger partial charge in [-0.25, -0.2) is 17.6 Å². The summed E-state index contributed by atoms with van der Waals surface area (Å²) < 4.78 is 57.8. The van der Waals surface area contributed by atoms with Gasteiger partial charge < -0.3 is 20.1 Å². The van der Waals surface area contributed by atoms with Gasteiger partial charge in [-0.05, 0) is 13.0 Å². The second-order valence-electron chi connectivity index (χ2n) is 4.73. The van der Waals surface area contributed by atoms with Crippen LogP contribution in [0.25, 0.3) is 0 Å². The fourth-order valence-electron chi connectivity index (χ4n) is 2.20. The minimum Gasteiger partial charge on any atom is -0.391 e. The van der Waals surface area contributed by atoms with Crippen LogP contribution in [0, 0.1) is 23.3 Å². The van der Waals surface area contributed by atoms with Crippen LogP contribution in [0.4, 0.5) is 17.6 Å². The van der Waals surface area contributed by atoms with Gasteiger partial charge in [0.05, 0.1) is 12.7 Å². The van der Waals surface area contributed by atoms with E-state index in [1.165, 1.54) is 6.92 Å². The van der Waals surface area contributed by atoms with Crippen molar-refractivity contribution >= 4 is 0 Å². The molecule has 3 N–H and O–H groups in total. The average molecular weight is 296 g/mol. The topological polar surface area (TPSA) is 69.9 Å². The first-order valence-electron chi connectivity index (χ1n) is 5.73. The van der Waals surface area contributed by atoms with E-state index in [0.29, 0.717) is 0 Å². The van der Waals surface area contributed by atoms with Gasteiger partial charge in [-0.2, -0.15) is 0 Å². The maximum atomic E-state index is 13.7. The minimum absolute atomic E-state index is 0.255. The monoisotopic (exact) mass is 296 g/mol. The zero-order chi connectivity index (χ0) is 15.2. The molecule has 1 unspecified atom stereocenters. The molecule has 1 fully saturated rings. The van der Waals surface area contributed by atoms with Gasteiger partial charge in [0, 0.05) is 5.56 Å². The fraction of sp³-hybridized carbons (Fsp3) is 0.500. The highest BCUT2D eigenvalue weighted by molar-refractivity contribution is 5.30. The SMILES string of the molecule is CC(O)[C@H]1OC[C@@](O)(c2cc(F)c(F)c(F)c2F)[C@@H]1O. The quantitative estimate of drug-likeness (QED) is 0.424. The van der Waals surface area contributed by atoms with Crippen LogP contribution in [0.1, 0.15) is 12.5 Å². The van der Waals surface area contributed by atoms with Gasteiger partial charge in [-0.1, -0.05) is 0 Å². The average Bonchev–Trinajstić information content (AvgIpc) is 2.69. The van der Waals surface area contributed by atoms with E-state index >= 15 is 0 Å². The predicted octanol–water partition coefficient (Wildman–Crippen LogP) is 0.571. The second kappa shape index (κ2) is 4.96. The first kappa shape index (κ1) is 15.2. The van der Waals surface area contributed by atoms with Gasteiger partial charge in [0.1, 0.15) is 17.8 Å². The number of halogens is 4. The maximum Gasteiger partial charge on any atom is 0.197 e. The van der Waals surface area contributed by atoms with Gasteiger partial charge in [-0.15, -0.1) is 0 Å². The smallest absolute Gasteiger partial charge is 0.197 e. The van der Waals surface area contributed by atoms with Crippen molar-refractivity contribution in [3.05, 3.63) is 34.9 Å². The Labute approximate surface area is 111 Å². The van der Waals surface area contributed by atoms with E-state index in [0.717, 1.165) is 0 Å². The van der Waals surface area contributed by atoms with Crippen LogP contribution < -0.4 is 0 Å². The Kier molecular flexibility index (Phi) is 3.76. The van der Waals surface area contributed by atoms with E-state index in [1.54, 1.807) is 0 Å². The lowest BCUT2D eigenvalue weighted by molar-refractivity contribution is -0.0739. The van der Waals surface area contributed by atoms with Crippen molar-refractivity contribution in [2.45, 2.75) is 30.8 Å². The Bertz CT molecular complexity index is 537. The third-order valence-corrected chi connectivity index (χ3v) is 3.34. The molecule has 1 aliphatic rings. The molecule has 1 aliphatic heterocycles. The summed E-state index contributed by atoms with van der Waals surface area (Å²) in [4.78, 5) is 0. The summed E-state index contributed by atoms with van der Waals surface area (Å²) in [5.41, 5.74) is -3.45. The number of benzene rings is 1. The predicted molar refractivity (Wildman–Crippen MR) is 57.6 cm³/mol. The van der Waals surface area contributed by atoms with Crippen molar-refractivity contribution in [2.24, 2.45) is 0 Å². The number of rotatable bonds is 2. The Morgan fingerprint density at radius 3 is 2.35 bits per heavy atom. The summed E-state index contributed by atoms with van der Waals surface area (Å²) in [7, 11) is 0. The Balaban J connectivity index is 2.52. The summed E-state index contributed by atoms with van der Waals surface area (Å²) in [6.45, 7) is 0.549. The van der Waals surface area contributed by atoms with Crippen LogP contribution >= 0.6 is 0 Å². The molecular weight excluding hydrogens is 284 g/mol. The van der Waals surface area contributed by atoms with Gasteiger partial charge in [-0.3, -0.25) is 0 Å². The molecule has 1 heterocycles. The summed E-state index contributed by atoms with van der Waals surface area (Å²) in [5, 5.41) is 29.4. The van der Waals surface area contributed by atoms with Gasteiger partial charge >= 0.3 is 0 Å². The third-order valence-electron chi connectivity index (χ3n) is 3.34. The fourth-order valence-corrected chi connectivity index (χ4v) is 2.20. The summed E-state index contributed by atoms with van der Waals surface area (Å²) in [5.74, 6) is -7.64. The van der Waals surface area contributed by atoms with E-state index in [-0.39, 0.29) is 6.07 Å². The molecule has 0 radical (unpaired) electrons. The van der Waals surface area contributed by atoms with Crippen LogP contribution in [-0.2, 0) is 10.3 Å². The summed E-state index contributed by atoms with van der Waals surface area (Å²) in [6, 6.07) is 0.255. The van der Waals surface area contributed by atoms with E-state index in [4.69, 9.17) is 4.74 Å². The first-order valence-corrected chi connectivity index (χ1v) is 5.73. The highest BCUT2D eigenvalue weighted by atomic mass is 19.2. The van der Waals surface area contributed by atoms with Crippen LogP contribution in [0.5, 0.6) is 0 Å². The summed E-state index contributed by atoms with van der Waals surface area (Å²) >= 11 is 0. The molecule has 4 atom stereocenters. The summed E-state index contributed by atoms with van der Waals surface area (Å²) in [6.07, 6.45) is -4.31. The van der Waals surface area contributed by atoms with Gasteiger partial charge in [0.15, 0.2) is 23.3 Å². The molecule has 1 aromatic rings. The van der Waals surface area contributed by atoms with Crippen molar-refractivity contribution in [1.29, 1.82) is 0 Å². The molecule has 1 saturated heterocycles. The second-order valence-corrected chi connectivity index (χ2v) is 4.73. The Morgan fingerprint density at radius 1 is 1.25 bits per heavy atom. The Hall–Kier alpha value is -1.22. The lowest BCUT2D eigenvalue weighted by Crippen LogP contribution is -2.45. The molecular formula is C12H12F4O4. The van der Waals surface area contributed by atoms with Gasteiger partial charge in [0.25, 0.3) is 0 Å². The lowest BCUT2D eigenvalue weighted by Gasteiger charge is -2.28. The third kappa shape index (κ3) is 2.08. The molecule has 112 valence electrons. The minimum atomic E-state index is -2.48. The van der Waals surface area contributed by atoms with E-state index in [1.807, 2.05) is 0 Å². The molecule has 8 heteroatoms. The van der Waals surface area contributed by atoms with Crippen molar-refractivity contribution < 1.29 is 37.6 Å². The standard InChI is InChI=1S/C12H12F4O4/c1-4(17)10-11(18)12(19,3-20-10)5-2-6(13)8(15)9(16)7(5)14/h2,4,10-11,17-19H,3H2,1H3/t4?,10-,11-,12-/m1/s1. The molecule has 0 aliphatic carbocycles. The molecule has 0 bridgehead atoms. The van der Waals surface area contributed by atoms with E-state index < -0.39 is 59.4 Å². The molecule has 0 aromatic heterocycles. The molecule has 0 saturated carbocycles. The Morgan fingerprint density at radius 2 is 1.85 bits per heavy atom. The van der Waals surface area contributed by atoms with Gasteiger partial charge in [0.2, 0.25) is 0 Å². The molecule has 0 spiro atoms. The molecule has 0 amide bonds. The number of aliphatic hydroxyl groups excluding tert-OH is 2. The van der Waals surface area contributed by atoms with E-state index in [2.05, 4.69) is 0 Å². The number of hydrogen-bond acceptors (Lipinski definition) is 4. The van der Waals surface area contributed by atoms with E-state index in [9.17, 15) is 32.9 Å².